The molecule has 0 N–H and O–H groups in total. The molecule has 4 heteroatoms. The van der Waals surface area contributed by atoms with Gasteiger partial charge in [0.1, 0.15) is 5.75 Å². The van der Waals surface area contributed by atoms with Gasteiger partial charge in [-0.25, -0.2) is 0 Å². The minimum absolute atomic E-state index is 0.212. The van der Waals surface area contributed by atoms with E-state index in [0.717, 1.165) is 37.2 Å². The Labute approximate surface area is 179 Å². The molecule has 0 unspecified atom stereocenters. The zero-order valence-corrected chi connectivity index (χ0v) is 18.0. The van der Waals surface area contributed by atoms with Crippen molar-refractivity contribution in [3.05, 3.63) is 64.7 Å². The molecular weight excluding hydrogens is 372 g/mol. The van der Waals surface area contributed by atoms with E-state index in [0.29, 0.717) is 12.0 Å². The van der Waals surface area contributed by atoms with E-state index >= 15 is 0 Å². The molecule has 0 spiro atoms. The van der Waals surface area contributed by atoms with Gasteiger partial charge in [0.25, 0.3) is 5.91 Å². The van der Waals surface area contributed by atoms with Crippen molar-refractivity contribution in [2.24, 2.45) is 0 Å². The summed E-state index contributed by atoms with van der Waals surface area (Å²) in [6.07, 6.45) is 7.17. The number of hydrogen-bond acceptors (Lipinski definition) is 3. The van der Waals surface area contributed by atoms with Crippen molar-refractivity contribution in [3.8, 4) is 5.75 Å². The van der Waals surface area contributed by atoms with Crippen LogP contribution in [0.25, 0.3) is 0 Å². The number of benzene rings is 2. The first-order chi connectivity index (χ1) is 14.8. The van der Waals surface area contributed by atoms with Crippen LogP contribution < -0.4 is 4.74 Å². The lowest BCUT2D eigenvalue weighted by Crippen LogP contribution is -2.35. The van der Waals surface area contributed by atoms with Crippen molar-refractivity contribution in [1.82, 2.24) is 9.80 Å². The molecule has 158 valence electrons. The average Bonchev–Trinajstić information content (AvgIpc) is 3.34. The Morgan fingerprint density at radius 1 is 1.00 bits per heavy atom. The third-order valence-corrected chi connectivity index (χ3v) is 7.41. The second-order valence-electron chi connectivity index (χ2n) is 9.01. The third kappa shape index (κ3) is 3.51. The van der Waals surface area contributed by atoms with Crippen LogP contribution in [-0.2, 0) is 13.0 Å². The number of unbranched alkanes of at least 4 members (excludes halogenated alkanes) is 2. The molecule has 0 saturated carbocycles. The van der Waals surface area contributed by atoms with Crippen molar-refractivity contribution in [2.75, 3.05) is 26.7 Å². The normalized spacial score (nSPS) is 22.7. The lowest BCUT2D eigenvalue weighted by Gasteiger charge is -2.34. The van der Waals surface area contributed by atoms with E-state index in [1.807, 2.05) is 23.1 Å². The fourth-order valence-electron chi connectivity index (χ4n) is 5.91. The van der Waals surface area contributed by atoms with Gasteiger partial charge in [0.15, 0.2) is 0 Å². The Bertz CT molecular complexity index is 925. The summed E-state index contributed by atoms with van der Waals surface area (Å²) < 4.78 is 5.61. The van der Waals surface area contributed by atoms with Crippen LogP contribution in [-0.4, -0.2) is 48.5 Å². The second-order valence-corrected chi connectivity index (χ2v) is 9.01. The Hall–Kier alpha value is -2.33. The molecule has 2 aromatic carbocycles. The van der Waals surface area contributed by atoms with E-state index < -0.39 is 0 Å². The summed E-state index contributed by atoms with van der Waals surface area (Å²) >= 11 is 0. The van der Waals surface area contributed by atoms with Gasteiger partial charge < -0.3 is 9.64 Å². The van der Waals surface area contributed by atoms with E-state index in [1.165, 1.54) is 55.5 Å². The quantitative estimate of drug-likeness (QED) is 0.631. The van der Waals surface area contributed by atoms with Gasteiger partial charge >= 0.3 is 0 Å². The maximum absolute atomic E-state index is 12.5. The van der Waals surface area contributed by atoms with E-state index in [4.69, 9.17) is 4.74 Å². The van der Waals surface area contributed by atoms with Crippen LogP contribution >= 0.6 is 0 Å². The molecule has 5 rings (SSSR count). The van der Waals surface area contributed by atoms with Gasteiger partial charge in [-0.1, -0.05) is 36.8 Å². The zero-order valence-electron chi connectivity index (χ0n) is 18.0. The first kappa shape index (κ1) is 19.6. The molecule has 2 aromatic rings. The largest absolute Gasteiger partial charge is 0.496 e. The molecule has 2 atom stereocenters. The maximum Gasteiger partial charge on any atom is 0.254 e. The van der Waals surface area contributed by atoms with Gasteiger partial charge in [0.05, 0.1) is 7.11 Å². The van der Waals surface area contributed by atoms with Crippen LogP contribution in [0.3, 0.4) is 0 Å². The maximum atomic E-state index is 12.5. The van der Waals surface area contributed by atoms with Crippen LogP contribution in [0.2, 0.25) is 0 Å². The molecule has 4 nitrogen and oxygen atoms in total. The van der Waals surface area contributed by atoms with E-state index in [1.54, 1.807) is 7.11 Å². The molecule has 2 heterocycles. The zero-order chi connectivity index (χ0) is 20.5. The SMILES string of the molecule is COc1cccc2c1CC[C@H]1[C@@H]2CCN1CCCCCN1Cc2ccccc2C1=O. The summed E-state index contributed by atoms with van der Waals surface area (Å²) in [5, 5.41) is 0. The molecule has 0 bridgehead atoms. The van der Waals surface area contributed by atoms with Gasteiger partial charge in [-0.2, -0.15) is 0 Å². The number of carbonyl (C=O) groups excluding carboxylic acids is 1. The number of amides is 1. The van der Waals surface area contributed by atoms with E-state index in [9.17, 15) is 4.79 Å². The van der Waals surface area contributed by atoms with Crippen LogP contribution in [0.4, 0.5) is 0 Å². The molecule has 1 aliphatic carbocycles. The summed E-state index contributed by atoms with van der Waals surface area (Å²) in [5.74, 6) is 1.96. The van der Waals surface area contributed by atoms with Gasteiger partial charge in [0.2, 0.25) is 0 Å². The van der Waals surface area contributed by atoms with Crippen LogP contribution in [0, 0.1) is 0 Å². The highest BCUT2D eigenvalue weighted by atomic mass is 16.5. The summed E-state index contributed by atoms with van der Waals surface area (Å²) in [5.41, 5.74) is 5.05. The molecule has 0 radical (unpaired) electrons. The smallest absolute Gasteiger partial charge is 0.254 e. The molecular formula is C26H32N2O2. The number of carbonyl (C=O) groups is 1. The fourth-order valence-corrected chi connectivity index (χ4v) is 5.91. The number of likely N-dealkylation sites (tertiary alicyclic amines) is 1. The Morgan fingerprint density at radius 2 is 1.87 bits per heavy atom. The standard InChI is InChI=1S/C26H32N2O2/c1-30-25-11-7-10-21-22-14-17-27(24(22)13-12-23(21)25)15-5-2-6-16-28-18-19-8-3-4-9-20(19)26(28)29/h3-4,7-11,22,24H,2,5-6,12-18H2,1H3/t22-,24+/m1/s1. The summed E-state index contributed by atoms with van der Waals surface area (Å²) in [7, 11) is 1.79. The highest BCUT2D eigenvalue weighted by Crippen LogP contribution is 2.44. The molecule has 0 aromatic heterocycles. The number of rotatable bonds is 7. The number of methoxy groups -OCH3 is 1. The highest BCUT2D eigenvalue weighted by molar-refractivity contribution is 5.98. The monoisotopic (exact) mass is 404 g/mol. The molecule has 30 heavy (non-hydrogen) atoms. The molecule has 1 saturated heterocycles. The lowest BCUT2D eigenvalue weighted by atomic mass is 9.79. The van der Waals surface area contributed by atoms with Crippen molar-refractivity contribution in [1.29, 1.82) is 0 Å². The second kappa shape index (κ2) is 8.43. The van der Waals surface area contributed by atoms with Crippen molar-refractivity contribution in [2.45, 2.75) is 57.0 Å². The number of fused-ring (bicyclic) bond motifs is 4. The average molecular weight is 405 g/mol. The first-order valence-corrected chi connectivity index (χ1v) is 11.5. The summed E-state index contributed by atoms with van der Waals surface area (Å²) in [6, 6.07) is 15.3. The van der Waals surface area contributed by atoms with Gasteiger partial charge in [-0.15, -0.1) is 0 Å². The van der Waals surface area contributed by atoms with Gasteiger partial charge in [-0.3, -0.25) is 9.69 Å². The van der Waals surface area contributed by atoms with Crippen LogP contribution in [0.15, 0.2) is 42.5 Å². The Balaban J connectivity index is 1.09. The van der Waals surface area contributed by atoms with Crippen molar-refractivity contribution >= 4 is 5.91 Å². The number of nitrogens with zero attached hydrogens (tertiary/aromatic N) is 2. The third-order valence-electron chi connectivity index (χ3n) is 7.41. The fraction of sp³-hybridized carbons (Fsp3) is 0.500. The summed E-state index contributed by atoms with van der Waals surface area (Å²) in [6.45, 7) is 4.07. The van der Waals surface area contributed by atoms with Gasteiger partial charge in [0, 0.05) is 30.6 Å². The van der Waals surface area contributed by atoms with Crippen molar-refractivity contribution in [3.63, 3.8) is 0 Å². The lowest BCUT2D eigenvalue weighted by molar-refractivity contribution is 0.0775. The Kier molecular flexibility index (Phi) is 5.51. The minimum atomic E-state index is 0.212. The predicted octanol–water partition coefficient (Wildman–Crippen LogP) is 4.63. The van der Waals surface area contributed by atoms with E-state index in [2.05, 4.69) is 29.2 Å². The topological polar surface area (TPSA) is 32.8 Å². The van der Waals surface area contributed by atoms with Crippen LogP contribution in [0.1, 0.15) is 65.1 Å². The minimum Gasteiger partial charge on any atom is -0.496 e. The molecule has 1 fully saturated rings. The van der Waals surface area contributed by atoms with E-state index in [-0.39, 0.29) is 5.91 Å². The number of ether oxygens (including phenoxy) is 1. The summed E-state index contributed by atoms with van der Waals surface area (Å²) in [4.78, 5) is 17.2. The predicted molar refractivity (Wildman–Crippen MR) is 119 cm³/mol. The van der Waals surface area contributed by atoms with Gasteiger partial charge in [-0.05, 0) is 74.0 Å². The highest BCUT2D eigenvalue weighted by Gasteiger charge is 2.39. The van der Waals surface area contributed by atoms with Crippen molar-refractivity contribution < 1.29 is 9.53 Å². The molecule has 3 aliphatic rings. The molecule has 2 aliphatic heterocycles. The Morgan fingerprint density at radius 3 is 2.73 bits per heavy atom. The molecule has 1 amide bonds. The number of hydrogen-bond donors (Lipinski definition) is 0. The van der Waals surface area contributed by atoms with Crippen LogP contribution in [0.5, 0.6) is 5.75 Å². The first-order valence-electron chi connectivity index (χ1n) is 11.5.